The quantitative estimate of drug-likeness (QED) is 0.581. The third-order valence-corrected chi connectivity index (χ3v) is 4.23. The summed E-state index contributed by atoms with van der Waals surface area (Å²) in [6, 6.07) is 5.28. The van der Waals surface area contributed by atoms with Crippen LogP contribution in [0.25, 0.3) is 0 Å². The Hall–Kier alpha value is -0.410. The molecule has 0 heterocycles. The van der Waals surface area contributed by atoms with Crippen molar-refractivity contribution in [2.24, 2.45) is 0 Å². The van der Waals surface area contributed by atoms with Crippen molar-refractivity contribution >= 4 is 15.9 Å². The van der Waals surface area contributed by atoms with E-state index in [1.54, 1.807) is 6.07 Å². The molecule has 1 aromatic carbocycles. The molecule has 1 rings (SSSR count). The van der Waals surface area contributed by atoms with E-state index in [4.69, 9.17) is 0 Å². The van der Waals surface area contributed by atoms with Gasteiger partial charge in [-0.15, -0.1) is 0 Å². The van der Waals surface area contributed by atoms with Crippen LogP contribution in [0.15, 0.2) is 22.7 Å². The van der Waals surface area contributed by atoms with E-state index >= 15 is 0 Å². The van der Waals surface area contributed by atoms with E-state index in [0.29, 0.717) is 0 Å². The van der Waals surface area contributed by atoms with Gasteiger partial charge in [-0.3, -0.25) is 0 Å². The Kier molecular flexibility index (Phi) is 8.31. The first kappa shape index (κ1) is 16.6. The molecule has 1 unspecified atom stereocenters. The van der Waals surface area contributed by atoms with Crippen molar-refractivity contribution in [2.75, 3.05) is 7.05 Å². The molecule has 0 spiro atoms. The molecule has 0 fully saturated rings. The second kappa shape index (κ2) is 9.49. The minimum atomic E-state index is -0.125. The summed E-state index contributed by atoms with van der Waals surface area (Å²) in [4.78, 5) is 0. The van der Waals surface area contributed by atoms with Crippen LogP contribution in [0.4, 0.5) is 4.39 Å². The molecule has 1 nitrogen and oxygen atoms in total. The van der Waals surface area contributed by atoms with Crippen molar-refractivity contribution in [3.8, 4) is 0 Å². The van der Waals surface area contributed by atoms with Crippen LogP contribution in [0.3, 0.4) is 0 Å². The standard InChI is InChI=1S/C16H25BrFN/c1-3-4-5-6-7-8-12-15(19-2)16-13(17)10-9-11-14(16)18/h9-11,15,19H,3-8,12H2,1-2H3. The molecule has 0 amide bonds. The predicted octanol–water partition coefficient (Wildman–Crippen LogP) is 5.60. The van der Waals surface area contributed by atoms with Gasteiger partial charge in [0, 0.05) is 16.1 Å². The molecule has 1 N–H and O–H groups in total. The molecule has 0 aliphatic heterocycles. The van der Waals surface area contributed by atoms with Crippen molar-refractivity contribution in [1.82, 2.24) is 5.32 Å². The van der Waals surface area contributed by atoms with Crippen molar-refractivity contribution in [3.63, 3.8) is 0 Å². The Labute approximate surface area is 125 Å². The van der Waals surface area contributed by atoms with E-state index in [1.807, 2.05) is 13.1 Å². The maximum absolute atomic E-state index is 13.9. The van der Waals surface area contributed by atoms with E-state index in [2.05, 4.69) is 28.2 Å². The highest BCUT2D eigenvalue weighted by Gasteiger charge is 2.16. The van der Waals surface area contributed by atoms with E-state index in [9.17, 15) is 4.39 Å². The van der Waals surface area contributed by atoms with Crippen LogP contribution in [0.2, 0.25) is 0 Å². The summed E-state index contributed by atoms with van der Waals surface area (Å²) in [6.45, 7) is 2.23. The van der Waals surface area contributed by atoms with Crippen LogP contribution in [-0.2, 0) is 0 Å². The molecule has 0 saturated carbocycles. The molecule has 0 radical (unpaired) electrons. The first-order valence-electron chi connectivity index (χ1n) is 7.31. The number of benzene rings is 1. The summed E-state index contributed by atoms with van der Waals surface area (Å²) in [5, 5.41) is 3.23. The summed E-state index contributed by atoms with van der Waals surface area (Å²) in [7, 11) is 1.90. The Morgan fingerprint density at radius 1 is 1.16 bits per heavy atom. The van der Waals surface area contributed by atoms with Crippen LogP contribution in [0, 0.1) is 5.82 Å². The van der Waals surface area contributed by atoms with E-state index < -0.39 is 0 Å². The summed E-state index contributed by atoms with van der Waals surface area (Å²) in [6.07, 6.45) is 8.60. The smallest absolute Gasteiger partial charge is 0.129 e. The van der Waals surface area contributed by atoms with Gasteiger partial charge in [-0.1, -0.05) is 67.4 Å². The van der Waals surface area contributed by atoms with Crippen LogP contribution in [0.1, 0.15) is 63.5 Å². The number of hydrogen-bond acceptors (Lipinski definition) is 1. The molecular weight excluding hydrogens is 305 g/mol. The largest absolute Gasteiger partial charge is 0.313 e. The molecule has 0 aliphatic carbocycles. The maximum atomic E-state index is 13.9. The normalized spacial score (nSPS) is 12.6. The number of nitrogens with one attached hydrogen (secondary N) is 1. The molecule has 19 heavy (non-hydrogen) atoms. The van der Waals surface area contributed by atoms with Crippen molar-refractivity contribution in [2.45, 2.75) is 57.9 Å². The van der Waals surface area contributed by atoms with E-state index in [-0.39, 0.29) is 11.9 Å². The zero-order chi connectivity index (χ0) is 14.1. The summed E-state index contributed by atoms with van der Waals surface area (Å²) < 4.78 is 14.8. The topological polar surface area (TPSA) is 12.0 Å². The lowest BCUT2D eigenvalue weighted by molar-refractivity contribution is 0.474. The molecule has 3 heteroatoms. The van der Waals surface area contributed by atoms with Crippen LogP contribution in [0.5, 0.6) is 0 Å². The van der Waals surface area contributed by atoms with Crippen molar-refractivity contribution in [1.29, 1.82) is 0 Å². The molecular formula is C16H25BrFN. The zero-order valence-corrected chi connectivity index (χ0v) is 13.6. The molecule has 0 bridgehead atoms. The minimum Gasteiger partial charge on any atom is -0.313 e. The monoisotopic (exact) mass is 329 g/mol. The highest BCUT2D eigenvalue weighted by Crippen LogP contribution is 2.29. The van der Waals surface area contributed by atoms with Crippen molar-refractivity contribution in [3.05, 3.63) is 34.1 Å². The Morgan fingerprint density at radius 3 is 2.47 bits per heavy atom. The van der Waals surface area contributed by atoms with Crippen LogP contribution >= 0.6 is 15.9 Å². The number of unbranched alkanes of at least 4 members (excludes halogenated alkanes) is 5. The molecule has 1 atom stereocenters. The van der Waals surface area contributed by atoms with Gasteiger partial charge < -0.3 is 5.32 Å². The zero-order valence-electron chi connectivity index (χ0n) is 12.0. The van der Waals surface area contributed by atoms with Gasteiger partial charge in [0.15, 0.2) is 0 Å². The fourth-order valence-electron chi connectivity index (χ4n) is 2.41. The second-order valence-corrected chi connectivity index (χ2v) is 5.89. The summed E-state index contributed by atoms with van der Waals surface area (Å²) in [5.41, 5.74) is 0.763. The van der Waals surface area contributed by atoms with Crippen LogP contribution in [-0.4, -0.2) is 7.05 Å². The SMILES string of the molecule is CCCCCCCCC(NC)c1c(F)cccc1Br. The molecule has 0 aliphatic rings. The molecule has 0 aromatic heterocycles. The van der Waals surface area contributed by atoms with Gasteiger partial charge >= 0.3 is 0 Å². The van der Waals surface area contributed by atoms with Gasteiger partial charge in [-0.05, 0) is 25.6 Å². The predicted molar refractivity (Wildman–Crippen MR) is 83.9 cm³/mol. The van der Waals surface area contributed by atoms with Gasteiger partial charge in [0.25, 0.3) is 0 Å². The number of halogens is 2. The van der Waals surface area contributed by atoms with Gasteiger partial charge in [-0.25, -0.2) is 4.39 Å². The van der Waals surface area contributed by atoms with E-state index in [1.165, 1.54) is 38.2 Å². The van der Waals surface area contributed by atoms with Crippen LogP contribution < -0.4 is 5.32 Å². The molecule has 1 aromatic rings. The van der Waals surface area contributed by atoms with Gasteiger partial charge in [0.1, 0.15) is 5.82 Å². The first-order valence-corrected chi connectivity index (χ1v) is 8.11. The Morgan fingerprint density at radius 2 is 1.84 bits per heavy atom. The second-order valence-electron chi connectivity index (χ2n) is 5.03. The van der Waals surface area contributed by atoms with Gasteiger partial charge in [-0.2, -0.15) is 0 Å². The highest BCUT2D eigenvalue weighted by molar-refractivity contribution is 9.10. The number of rotatable bonds is 9. The third-order valence-electron chi connectivity index (χ3n) is 3.54. The molecule has 108 valence electrons. The maximum Gasteiger partial charge on any atom is 0.129 e. The lowest BCUT2D eigenvalue weighted by atomic mass is 9.99. The minimum absolute atomic E-state index is 0.0988. The average Bonchev–Trinajstić information content (AvgIpc) is 2.40. The number of hydrogen-bond donors (Lipinski definition) is 1. The van der Waals surface area contributed by atoms with E-state index in [0.717, 1.165) is 22.9 Å². The lowest BCUT2D eigenvalue weighted by Gasteiger charge is -2.18. The summed E-state index contributed by atoms with van der Waals surface area (Å²) >= 11 is 3.45. The Bertz CT molecular complexity index is 348. The Balaban J connectivity index is 2.45. The molecule has 0 saturated heterocycles. The highest BCUT2D eigenvalue weighted by atomic mass is 79.9. The van der Waals surface area contributed by atoms with Crippen molar-refractivity contribution < 1.29 is 4.39 Å². The first-order chi connectivity index (χ1) is 9.20. The average molecular weight is 330 g/mol. The fourth-order valence-corrected chi connectivity index (χ4v) is 3.02. The van der Waals surface area contributed by atoms with Gasteiger partial charge in [0.2, 0.25) is 0 Å². The lowest BCUT2D eigenvalue weighted by Crippen LogP contribution is -2.18. The fraction of sp³-hybridized carbons (Fsp3) is 0.625. The third kappa shape index (κ3) is 5.62. The summed E-state index contributed by atoms with van der Waals surface area (Å²) in [5.74, 6) is -0.125. The van der Waals surface area contributed by atoms with Gasteiger partial charge in [0.05, 0.1) is 0 Å².